The van der Waals surface area contributed by atoms with Crippen LogP contribution in [-0.4, -0.2) is 16.6 Å². The van der Waals surface area contributed by atoms with Crippen LogP contribution in [0.4, 0.5) is 0 Å². The topological polar surface area (TPSA) is 47.0 Å². The summed E-state index contributed by atoms with van der Waals surface area (Å²) in [6, 6.07) is 20.3. The van der Waals surface area contributed by atoms with Crippen LogP contribution < -0.4 is 0 Å². The summed E-state index contributed by atoms with van der Waals surface area (Å²) in [5.41, 5.74) is 3.45. The maximum atomic E-state index is 12.6. The molecule has 0 radical (unpaired) electrons. The number of aromatic nitrogens is 1. The number of ketones is 2. The normalized spacial score (nSPS) is 14.1. The van der Waals surface area contributed by atoms with Gasteiger partial charge in [0.25, 0.3) is 0 Å². The summed E-state index contributed by atoms with van der Waals surface area (Å²) in [6.07, 6.45) is 1.65. The quantitative estimate of drug-likeness (QED) is 0.674. The van der Waals surface area contributed by atoms with E-state index in [2.05, 4.69) is 4.98 Å². The Kier molecular flexibility index (Phi) is 3.12. The van der Waals surface area contributed by atoms with Crippen LogP contribution in [-0.2, 0) is 0 Å². The number of benzene rings is 2. The van der Waals surface area contributed by atoms with Crippen LogP contribution >= 0.6 is 0 Å². The Balaban J connectivity index is 1.78. The van der Waals surface area contributed by atoms with E-state index in [9.17, 15) is 9.59 Å². The van der Waals surface area contributed by atoms with Gasteiger partial charge in [0.05, 0.1) is 5.69 Å². The number of fused-ring (bicyclic) bond motifs is 1. The molecule has 1 aliphatic rings. The van der Waals surface area contributed by atoms with E-state index in [1.54, 1.807) is 36.5 Å². The zero-order valence-corrected chi connectivity index (χ0v) is 12.3. The van der Waals surface area contributed by atoms with Gasteiger partial charge in [0, 0.05) is 22.9 Å². The number of hydrogen-bond acceptors (Lipinski definition) is 3. The van der Waals surface area contributed by atoms with Crippen molar-refractivity contribution in [3.8, 4) is 11.3 Å². The predicted molar refractivity (Wildman–Crippen MR) is 87.5 cm³/mol. The van der Waals surface area contributed by atoms with Crippen LogP contribution in [0.1, 0.15) is 32.2 Å². The lowest BCUT2D eigenvalue weighted by Crippen LogP contribution is -2.13. The number of rotatable bonds is 2. The van der Waals surface area contributed by atoms with Crippen LogP contribution in [0.3, 0.4) is 0 Å². The second-order valence-electron chi connectivity index (χ2n) is 5.55. The minimum absolute atomic E-state index is 0.129. The summed E-state index contributed by atoms with van der Waals surface area (Å²) in [6.45, 7) is 0. The minimum Gasteiger partial charge on any atom is -0.293 e. The summed E-state index contributed by atoms with van der Waals surface area (Å²) >= 11 is 0. The van der Waals surface area contributed by atoms with Crippen molar-refractivity contribution < 1.29 is 9.59 Å². The molecule has 4 rings (SSSR count). The van der Waals surface area contributed by atoms with Gasteiger partial charge in [-0.1, -0.05) is 54.6 Å². The Bertz CT molecular complexity index is 881. The fourth-order valence-corrected chi connectivity index (χ4v) is 3.04. The van der Waals surface area contributed by atoms with Crippen molar-refractivity contribution in [2.24, 2.45) is 0 Å². The van der Waals surface area contributed by atoms with Crippen molar-refractivity contribution in [1.29, 1.82) is 0 Å². The zero-order chi connectivity index (χ0) is 15.8. The number of carbonyl (C=O) groups excluding carboxylic acids is 2. The van der Waals surface area contributed by atoms with Crippen molar-refractivity contribution in [1.82, 2.24) is 4.98 Å². The standard InChI is InChI=1S/C20H13NO2/c22-19-15-8-4-5-9-16(15)20(23)18(19)14-10-11-21-17(12-14)13-6-2-1-3-7-13/h1-12,18H. The maximum absolute atomic E-state index is 12.6. The maximum Gasteiger partial charge on any atom is 0.178 e. The van der Waals surface area contributed by atoms with Crippen LogP contribution in [0.5, 0.6) is 0 Å². The largest absolute Gasteiger partial charge is 0.293 e. The first-order chi connectivity index (χ1) is 11.3. The van der Waals surface area contributed by atoms with E-state index >= 15 is 0 Å². The molecule has 0 amide bonds. The van der Waals surface area contributed by atoms with Crippen molar-refractivity contribution in [3.63, 3.8) is 0 Å². The van der Waals surface area contributed by atoms with Crippen molar-refractivity contribution >= 4 is 11.6 Å². The van der Waals surface area contributed by atoms with Gasteiger partial charge < -0.3 is 0 Å². The molecule has 2 aromatic carbocycles. The third-order valence-electron chi connectivity index (χ3n) is 4.17. The Morgan fingerprint density at radius 1 is 0.739 bits per heavy atom. The number of nitrogens with zero attached hydrogens (tertiary/aromatic N) is 1. The minimum atomic E-state index is -0.752. The highest BCUT2D eigenvalue weighted by atomic mass is 16.2. The van der Waals surface area contributed by atoms with Crippen molar-refractivity contribution in [2.45, 2.75) is 5.92 Å². The fourth-order valence-electron chi connectivity index (χ4n) is 3.04. The van der Waals surface area contributed by atoms with Gasteiger partial charge >= 0.3 is 0 Å². The lowest BCUT2D eigenvalue weighted by atomic mass is 9.94. The van der Waals surface area contributed by atoms with Gasteiger partial charge in [-0.3, -0.25) is 14.6 Å². The lowest BCUT2D eigenvalue weighted by Gasteiger charge is -2.09. The summed E-state index contributed by atoms with van der Waals surface area (Å²) in [4.78, 5) is 29.6. The van der Waals surface area contributed by atoms with Gasteiger partial charge in [-0.25, -0.2) is 0 Å². The third-order valence-corrected chi connectivity index (χ3v) is 4.17. The SMILES string of the molecule is O=C1c2ccccc2C(=O)C1c1ccnc(-c2ccccc2)c1. The summed E-state index contributed by atoms with van der Waals surface area (Å²) in [5, 5.41) is 0. The summed E-state index contributed by atoms with van der Waals surface area (Å²) < 4.78 is 0. The first kappa shape index (κ1) is 13.6. The molecule has 0 atom stereocenters. The molecule has 0 spiro atoms. The third kappa shape index (κ3) is 2.18. The fraction of sp³-hybridized carbons (Fsp3) is 0.0500. The van der Waals surface area contributed by atoms with Crippen molar-refractivity contribution in [2.75, 3.05) is 0 Å². The summed E-state index contributed by atoms with van der Waals surface area (Å²) in [7, 11) is 0. The Labute approximate surface area is 133 Å². The molecule has 0 N–H and O–H groups in total. The Morgan fingerprint density at radius 3 is 2.00 bits per heavy atom. The molecule has 1 heterocycles. The summed E-state index contributed by atoms with van der Waals surface area (Å²) in [5.74, 6) is -1.01. The molecule has 0 bridgehead atoms. The first-order valence-corrected chi connectivity index (χ1v) is 7.44. The first-order valence-electron chi connectivity index (χ1n) is 7.44. The zero-order valence-electron chi connectivity index (χ0n) is 12.3. The van der Waals surface area contributed by atoms with Crippen LogP contribution in [0, 0.1) is 0 Å². The average Bonchev–Trinajstić information content (AvgIpc) is 2.87. The predicted octanol–water partition coefficient (Wildman–Crippen LogP) is 3.91. The van der Waals surface area contributed by atoms with E-state index < -0.39 is 5.92 Å². The van der Waals surface area contributed by atoms with E-state index in [1.807, 2.05) is 36.4 Å². The molecule has 0 saturated carbocycles. The second kappa shape index (κ2) is 5.29. The molecule has 3 nitrogen and oxygen atoms in total. The molecule has 110 valence electrons. The molecule has 3 heteroatoms. The van der Waals surface area contributed by atoms with Crippen LogP contribution in [0.2, 0.25) is 0 Å². The highest BCUT2D eigenvalue weighted by molar-refractivity contribution is 6.29. The second-order valence-corrected chi connectivity index (χ2v) is 5.55. The number of carbonyl (C=O) groups is 2. The smallest absolute Gasteiger partial charge is 0.178 e. The molecule has 1 aromatic heterocycles. The van der Waals surface area contributed by atoms with Gasteiger partial charge in [-0.15, -0.1) is 0 Å². The number of hydrogen-bond donors (Lipinski definition) is 0. The van der Waals surface area contributed by atoms with E-state index in [-0.39, 0.29) is 11.6 Å². The molecule has 3 aromatic rings. The highest BCUT2D eigenvalue weighted by Crippen LogP contribution is 2.34. The molecule has 0 saturated heterocycles. The molecular formula is C20H13NO2. The van der Waals surface area contributed by atoms with E-state index in [1.165, 1.54) is 0 Å². The highest BCUT2D eigenvalue weighted by Gasteiger charge is 2.39. The van der Waals surface area contributed by atoms with E-state index in [0.29, 0.717) is 16.7 Å². The van der Waals surface area contributed by atoms with Gasteiger partial charge in [0.15, 0.2) is 11.6 Å². The molecule has 0 fully saturated rings. The van der Waals surface area contributed by atoms with Gasteiger partial charge in [-0.05, 0) is 17.7 Å². The lowest BCUT2D eigenvalue weighted by molar-refractivity contribution is 0.0890. The average molecular weight is 299 g/mol. The van der Waals surface area contributed by atoms with E-state index in [4.69, 9.17) is 0 Å². The molecule has 1 aliphatic carbocycles. The van der Waals surface area contributed by atoms with Gasteiger partial charge in [-0.2, -0.15) is 0 Å². The molecular weight excluding hydrogens is 286 g/mol. The number of pyridine rings is 1. The van der Waals surface area contributed by atoms with E-state index in [0.717, 1.165) is 11.3 Å². The van der Waals surface area contributed by atoms with Crippen molar-refractivity contribution in [3.05, 3.63) is 89.6 Å². The number of Topliss-reactive ketones (excluding diaryl/α,β-unsaturated/α-hetero) is 2. The van der Waals surface area contributed by atoms with Gasteiger partial charge in [0.2, 0.25) is 0 Å². The van der Waals surface area contributed by atoms with Gasteiger partial charge in [0.1, 0.15) is 5.92 Å². The monoisotopic (exact) mass is 299 g/mol. The molecule has 23 heavy (non-hydrogen) atoms. The Hall–Kier alpha value is -3.07. The van der Waals surface area contributed by atoms with Crippen LogP contribution in [0.15, 0.2) is 72.9 Å². The molecule has 0 aliphatic heterocycles. The van der Waals surface area contributed by atoms with Crippen LogP contribution in [0.25, 0.3) is 11.3 Å². The molecule has 0 unspecified atom stereocenters. The Morgan fingerprint density at radius 2 is 1.35 bits per heavy atom.